The van der Waals surface area contributed by atoms with Crippen molar-refractivity contribution in [3.63, 3.8) is 0 Å². The van der Waals surface area contributed by atoms with Crippen molar-refractivity contribution in [3.05, 3.63) is 24.0 Å². The molecule has 0 spiro atoms. The smallest absolute Gasteiger partial charge is 0.244 e. The lowest BCUT2D eigenvalue weighted by molar-refractivity contribution is 0.191. The van der Waals surface area contributed by atoms with Gasteiger partial charge in [-0.15, -0.1) is 0 Å². The van der Waals surface area contributed by atoms with Gasteiger partial charge in [0.1, 0.15) is 11.5 Å². The van der Waals surface area contributed by atoms with Crippen LogP contribution in [-0.2, 0) is 0 Å². The summed E-state index contributed by atoms with van der Waals surface area (Å²) in [6, 6.07) is 1.66. The predicted octanol–water partition coefficient (Wildman–Crippen LogP) is 0.230. The highest BCUT2D eigenvalue weighted by molar-refractivity contribution is 5.47. The Morgan fingerprint density at radius 3 is 3.06 bits per heavy atom. The molecule has 7 nitrogen and oxygen atoms in total. The first-order valence-corrected chi connectivity index (χ1v) is 5.77. The Labute approximate surface area is 103 Å². The molecule has 0 bridgehead atoms. The van der Waals surface area contributed by atoms with E-state index in [9.17, 15) is 5.11 Å². The summed E-state index contributed by atoms with van der Waals surface area (Å²) >= 11 is 0. The Morgan fingerprint density at radius 1 is 1.44 bits per heavy atom. The lowest BCUT2D eigenvalue weighted by Gasteiger charge is -2.01. The number of nitrogens with one attached hydrogen (secondary N) is 1. The summed E-state index contributed by atoms with van der Waals surface area (Å²) in [7, 11) is 0. The van der Waals surface area contributed by atoms with E-state index in [1.165, 1.54) is 0 Å². The van der Waals surface area contributed by atoms with Crippen molar-refractivity contribution in [3.8, 4) is 11.5 Å². The van der Waals surface area contributed by atoms with E-state index in [1.807, 2.05) is 0 Å². The van der Waals surface area contributed by atoms with Crippen molar-refractivity contribution in [1.82, 2.24) is 25.4 Å². The molecule has 18 heavy (non-hydrogen) atoms. The highest BCUT2D eigenvalue weighted by Gasteiger charge is 2.28. The van der Waals surface area contributed by atoms with Crippen molar-refractivity contribution >= 4 is 0 Å². The minimum atomic E-state index is -0.355. The van der Waals surface area contributed by atoms with Crippen LogP contribution in [0.3, 0.4) is 0 Å². The minimum Gasteiger partial charge on any atom is -0.392 e. The minimum absolute atomic E-state index is 0.0795. The molecule has 0 aromatic carbocycles. The van der Waals surface area contributed by atoms with E-state index in [0.29, 0.717) is 36.2 Å². The van der Waals surface area contributed by atoms with Crippen LogP contribution in [0, 0.1) is 6.92 Å². The van der Waals surface area contributed by atoms with Gasteiger partial charge in [0.15, 0.2) is 0 Å². The lowest BCUT2D eigenvalue weighted by atomic mass is 10.2. The number of hydrogen-bond donors (Lipinski definition) is 2. The fourth-order valence-corrected chi connectivity index (χ4v) is 1.97. The van der Waals surface area contributed by atoms with Crippen molar-refractivity contribution in [2.75, 3.05) is 6.54 Å². The van der Waals surface area contributed by atoms with Gasteiger partial charge in [0.2, 0.25) is 11.7 Å². The largest absolute Gasteiger partial charge is 0.392 e. The number of nitrogens with zero attached hydrogens (tertiary/aromatic N) is 4. The molecule has 7 heteroatoms. The quantitative estimate of drug-likeness (QED) is 0.784. The summed E-state index contributed by atoms with van der Waals surface area (Å²) in [5.41, 5.74) is 0.635. The maximum atomic E-state index is 9.45. The third-order valence-electron chi connectivity index (χ3n) is 2.85. The molecule has 0 radical (unpaired) electrons. The van der Waals surface area contributed by atoms with Gasteiger partial charge in [0.25, 0.3) is 0 Å². The Hall–Kier alpha value is -1.86. The molecule has 1 fully saturated rings. The maximum Gasteiger partial charge on any atom is 0.244 e. The number of rotatable bonds is 2. The van der Waals surface area contributed by atoms with Crippen molar-refractivity contribution in [2.45, 2.75) is 25.5 Å². The molecule has 0 amide bonds. The van der Waals surface area contributed by atoms with Crippen LogP contribution in [-0.4, -0.2) is 37.9 Å². The van der Waals surface area contributed by atoms with E-state index in [1.54, 1.807) is 19.2 Å². The van der Waals surface area contributed by atoms with E-state index in [2.05, 4.69) is 25.4 Å². The summed E-state index contributed by atoms with van der Waals surface area (Å²) < 4.78 is 5.20. The highest BCUT2D eigenvalue weighted by Crippen LogP contribution is 2.23. The molecular formula is C11H13N5O2. The van der Waals surface area contributed by atoms with Crippen molar-refractivity contribution in [2.24, 2.45) is 0 Å². The van der Waals surface area contributed by atoms with Gasteiger partial charge < -0.3 is 14.9 Å². The average molecular weight is 247 g/mol. The van der Waals surface area contributed by atoms with Crippen LogP contribution in [0.25, 0.3) is 11.5 Å². The van der Waals surface area contributed by atoms with Gasteiger partial charge in [0, 0.05) is 12.7 Å². The first-order chi connectivity index (χ1) is 8.72. The maximum absolute atomic E-state index is 9.45. The normalized spacial score (nSPS) is 23.4. The zero-order chi connectivity index (χ0) is 12.5. The summed E-state index contributed by atoms with van der Waals surface area (Å²) in [6.45, 7) is 2.36. The number of aromatic nitrogens is 4. The van der Waals surface area contributed by atoms with E-state index in [4.69, 9.17) is 4.52 Å². The van der Waals surface area contributed by atoms with Crippen molar-refractivity contribution in [1.29, 1.82) is 0 Å². The van der Waals surface area contributed by atoms with E-state index in [0.717, 1.165) is 0 Å². The molecule has 0 unspecified atom stereocenters. The number of aryl methyl sites for hydroxylation is 1. The molecule has 1 aliphatic heterocycles. The second kappa shape index (κ2) is 4.43. The number of β-amino-alcohol motifs (C(OH)–C–C–N with tert-alkyl or cyclic N) is 1. The summed E-state index contributed by atoms with van der Waals surface area (Å²) in [4.78, 5) is 12.5. The molecule has 3 rings (SSSR count). The predicted molar refractivity (Wildman–Crippen MR) is 61.4 cm³/mol. The number of aliphatic hydroxyl groups excluding tert-OH is 1. The molecule has 2 aromatic rings. The highest BCUT2D eigenvalue weighted by atomic mass is 16.5. The van der Waals surface area contributed by atoms with Gasteiger partial charge in [-0.3, -0.25) is 0 Å². The van der Waals surface area contributed by atoms with Crippen LogP contribution >= 0.6 is 0 Å². The van der Waals surface area contributed by atoms with Gasteiger partial charge in [-0.25, -0.2) is 9.97 Å². The molecule has 0 aliphatic carbocycles. The number of aliphatic hydroxyl groups is 1. The Morgan fingerprint density at radius 2 is 2.33 bits per heavy atom. The molecule has 2 N–H and O–H groups in total. The molecule has 0 saturated carbocycles. The standard InChI is InChI=1S/C11H13N5O2/c1-6-12-3-2-8(14-6)10-15-11(18-16-10)9-4-7(17)5-13-9/h2-3,7,9,13,17H,4-5H2,1H3/t7-,9-/m1/s1. The lowest BCUT2D eigenvalue weighted by Crippen LogP contribution is -2.15. The van der Waals surface area contributed by atoms with Gasteiger partial charge >= 0.3 is 0 Å². The molecular weight excluding hydrogens is 234 g/mol. The summed E-state index contributed by atoms with van der Waals surface area (Å²) in [5, 5.41) is 16.5. The molecule has 1 saturated heterocycles. The topological polar surface area (TPSA) is 97.0 Å². The Kier molecular flexibility index (Phi) is 2.77. The van der Waals surface area contributed by atoms with Crippen LogP contribution in [0.15, 0.2) is 16.8 Å². The fourth-order valence-electron chi connectivity index (χ4n) is 1.97. The SMILES string of the molecule is Cc1nccc(-c2noc([C@H]3C[C@@H](O)CN3)n2)n1. The van der Waals surface area contributed by atoms with E-state index >= 15 is 0 Å². The fraction of sp³-hybridized carbons (Fsp3) is 0.455. The van der Waals surface area contributed by atoms with Crippen LogP contribution in [0.1, 0.15) is 24.2 Å². The van der Waals surface area contributed by atoms with Crippen molar-refractivity contribution < 1.29 is 9.63 Å². The summed E-state index contributed by atoms with van der Waals surface area (Å²) in [5.74, 6) is 1.59. The average Bonchev–Trinajstić information content (AvgIpc) is 2.97. The van der Waals surface area contributed by atoms with Gasteiger partial charge in [-0.2, -0.15) is 4.98 Å². The Bertz CT molecular complexity index is 556. The third kappa shape index (κ3) is 2.09. The molecule has 3 heterocycles. The van der Waals surface area contributed by atoms with Gasteiger partial charge in [-0.1, -0.05) is 5.16 Å². The first-order valence-electron chi connectivity index (χ1n) is 5.77. The molecule has 94 valence electrons. The number of hydrogen-bond acceptors (Lipinski definition) is 7. The van der Waals surface area contributed by atoms with Gasteiger partial charge in [0.05, 0.1) is 12.1 Å². The van der Waals surface area contributed by atoms with Gasteiger partial charge in [-0.05, 0) is 19.4 Å². The van der Waals surface area contributed by atoms with E-state index in [-0.39, 0.29) is 12.1 Å². The second-order valence-electron chi connectivity index (χ2n) is 4.30. The zero-order valence-corrected chi connectivity index (χ0v) is 9.87. The zero-order valence-electron chi connectivity index (χ0n) is 9.87. The molecule has 2 atom stereocenters. The third-order valence-corrected chi connectivity index (χ3v) is 2.85. The molecule has 2 aromatic heterocycles. The molecule has 1 aliphatic rings. The van der Waals surface area contributed by atoms with Crippen LogP contribution in [0.5, 0.6) is 0 Å². The van der Waals surface area contributed by atoms with Crippen LogP contribution in [0.2, 0.25) is 0 Å². The van der Waals surface area contributed by atoms with Crippen LogP contribution in [0.4, 0.5) is 0 Å². The van der Waals surface area contributed by atoms with Crippen LogP contribution < -0.4 is 5.32 Å². The monoisotopic (exact) mass is 247 g/mol. The van der Waals surface area contributed by atoms with E-state index < -0.39 is 0 Å². The second-order valence-corrected chi connectivity index (χ2v) is 4.30. The summed E-state index contributed by atoms with van der Waals surface area (Å²) in [6.07, 6.45) is 1.89. The first kappa shape index (κ1) is 11.2. The Balaban J connectivity index is 1.85.